The van der Waals surface area contributed by atoms with E-state index in [0.717, 1.165) is 12.3 Å². The Balaban J connectivity index is 2.18. The third-order valence-electron chi connectivity index (χ3n) is 3.29. The van der Waals surface area contributed by atoms with Gasteiger partial charge in [0.25, 0.3) is 0 Å². The van der Waals surface area contributed by atoms with Gasteiger partial charge in [0.05, 0.1) is 13.5 Å². The van der Waals surface area contributed by atoms with E-state index >= 15 is 0 Å². The molecule has 0 saturated heterocycles. The van der Waals surface area contributed by atoms with Crippen LogP contribution in [0.15, 0.2) is 0 Å². The summed E-state index contributed by atoms with van der Waals surface area (Å²) in [4.78, 5) is 11.0. The molecule has 3 heteroatoms. The van der Waals surface area contributed by atoms with E-state index in [0.29, 0.717) is 12.3 Å². The fraction of sp³-hybridized carbons (Fsp3) is 0.909. The molecular weight excluding hydrogens is 178 g/mol. The zero-order chi connectivity index (χ0) is 10.6. The van der Waals surface area contributed by atoms with Crippen LogP contribution >= 0.6 is 0 Å². The van der Waals surface area contributed by atoms with Gasteiger partial charge in [0, 0.05) is 6.04 Å². The molecule has 0 bridgehead atoms. The van der Waals surface area contributed by atoms with Crippen LogP contribution in [0.5, 0.6) is 0 Å². The van der Waals surface area contributed by atoms with E-state index < -0.39 is 0 Å². The maximum atomic E-state index is 11.0. The first kappa shape index (κ1) is 11.5. The van der Waals surface area contributed by atoms with Crippen molar-refractivity contribution in [3.05, 3.63) is 0 Å². The van der Waals surface area contributed by atoms with E-state index in [-0.39, 0.29) is 12.0 Å². The molecule has 0 heterocycles. The summed E-state index contributed by atoms with van der Waals surface area (Å²) in [5.41, 5.74) is 5.87. The number of methoxy groups -OCH3 is 1. The van der Waals surface area contributed by atoms with Crippen LogP contribution in [0.3, 0.4) is 0 Å². The smallest absolute Gasteiger partial charge is 0.307 e. The van der Waals surface area contributed by atoms with Gasteiger partial charge in [-0.15, -0.1) is 0 Å². The van der Waals surface area contributed by atoms with Crippen molar-refractivity contribution >= 4 is 5.97 Å². The van der Waals surface area contributed by atoms with Crippen LogP contribution in [0, 0.1) is 11.8 Å². The predicted molar refractivity (Wildman–Crippen MR) is 55.7 cm³/mol. The number of ether oxygens (including phenoxy) is 1. The quantitative estimate of drug-likeness (QED) is 0.686. The van der Waals surface area contributed by atoms with Crippen LogP contribution in [0.25, 0.3) is 0 Å². The van der Waals surface area contributed by atoms with Gasteiger partial charge >= 0.3 is 5.97 Å². The van der Waals surface area contributed by atoms with Crippen molar-refractivity contribution in [1.29, 1.82) is 0 Å². The molecule has 3 nitrogen and oxygen atoms in total. The molecule has 1 saturated carbocycles. The molecule has 0 amide bonds. The molecule has 0 aromatic heterocycles. The summed E-state index contributed by atoms with van der Waals surface area (Å²) in [6, 6.07) is -0.0296. The molecule has 0 aromatic carbocycles. The first-order valence-corrected chi connectivity index (χ1v) is 5.46. The average Bonchev–Trinajstić information content (AvgIpc) is 1.99. The lowest BCUT2D eigenvalue weighted by Crippen LogP contribution is -2.30. The zero-order valence-electron chi connectivity index (χ0n) is 9.16. The van der Waals surface area contributed by atoms with Crippen LogP contribution in [0.2, 0.25) is 0 Å². The second kappa shape index (κ2) is 5.35. The van der Waals surface area contributed by atoms with E-state index in [2.05, 4.69) is 11.7 Å². The largest absolute Gasteiger partial charge is 0.469 e. The lowest BCUT2D eigenvalue weighted by molar-refractivity contribution is -0.141. The average molecular weight is 199 g/mol. The molecule has 14 heavy (non-hydrogen) atoms. The van der Waals surface area contributed by atoms with Gasteiger partial charge < -0.3 is 10.5 Å². The first-order valence-electron chi connectivity index (χ1n) is 5.46. The Bertz CT molecular complexity index is 190. The summed E-state index contributed by atoms with van der Waals surface area (Å²) in [7, 11) is 1.41. The van der Waals surface area contributed by atoms with Crippen LogP contribution in [0.4, 0.5) is 0 Å². The maximum Gasteiger partial charge on any atom is 0.307 e. The summed E-state index contributed by atoms with van der Waals surface area (Å²) in [6.45, 7) is 2.24. The molecule has 0 aromatic rings. The van der Waals surface area contributed by atoms with Crippen molar-refractivity contribution in [1.82, 2.24) is 0 Å². The van der Waals surface area contributed by atoms with Crippen molar-refractivity contribution in [2.24, 2.45) is 17.6 Å². The van der Waals surface area contributed by atoms with Crippen molar-refractivity contribution < 1.29 is 9.53 Å². The van der Waals surface area contributed by atoms with E-state index in [4.69, 9.17) is 5.73 Å². The fourth-order valence-electron chi connectivity index (χ4n) is 2.06. The van der Waals surface area contributed by atoms with Crippen LogP contribution in [0.1, 0.15) is 39.0 Å². The Morgan fingerprint density at radius 1 is 1.57 bits per heavy atom. The van der Waals surface area contributed by atoms with Crippen LogP contribution < -0.4 is 5.73 Å². The topological polar surface area (TPSA) is 52.3 Å². The molecule has 1 fully saturated rings. The van der Waals surface area contributed by atoms with E-state index in [1.807, 2.05) is 0 Å². The van der Waals surface area contributed by atoms with E-state index in [9.17, 15) is 4.79 Å². The molecule has 1 aliphatic carbocycles. The monoisotopic (exact) mass is 199 g/mol. The number of hydrogen-bond donors (Lipinski definition) is 1. The van der Waals surface area contributed by atoms with Gasteiger partial charge in [-0.25, -0.2) is 0 Å². The number of carbonyl (C=O) groups is 1. The molecule has 0 radical (unpaired) electrons. The second-order valence-corrected chi connectivity index (χ2v) is 4.44. The second-order valence-electron chi connectivity index (χ2n) is 4.44. The molecule has 0 spiro atoms. The van der Waals surface area contributed by atoms with Crippen LogP contribution in [-0.4, -0.2) is 19.1 Å². The molecule has 1 rings (SSSR count). The van der Waals surface area contributed by atoms with Gasteiger partial charge in [-0.1, -0.05) is 26.2 Å². The lowest BCUT2D eigenvalue weighted by atomic mass is 9.74. The van der Waals surface area contributed by atoms with E-state index in [1.165, 1.54) is 26.4 Å². The molecule has 0 aliphatic heterocycles. The number of carbonyl (C=O) groups excluding carboxylic acids is 1. The number of rotatable bonds is 5. The molecule has 2 atom stereocenters. The first-order chi connectivity index (χ1) is 6.63. The van der Waals surface area contributed by atoms with Crippen LogP contribution in [-0.2, 0) is 9.53 Å². The van der Waals surface area contributed by atoms with E-state index in [1.54, 1.807) is 0 Å². The molecule has 2 N–H and O–H groups in total. The third kappa shape index (κ3) is 3.29. The Labute approximate surface area is 86.0 Å². The summed E-state index contributed by atoms with van der Waals surface area (Å²) in [5.74, 6) is 1.31. The lowest BCUT2D eigenvalue weighted by Gasteiger charge is -2.32. The van der Waals surface area contributed by atoms with Crippen molar-refractivity contribution in [2.45, 2.75) is 45.1 Å². The Kier molecular flexibility index (Phi) is 4.39. The normalized spacial score (nSPS) is 21.1. The van der Waals surface area contributed by atoms with Crippen molar-refractivity contribution in [2.75, 3.05) is 7.11 Å². The van der Waals surface area contributed by atoms with Crippen molar-refractivity contribution in [3.8, 4) is 0 Å². The highest BCUT2D eigenvalue weighted by Gasteiger charge is 2.25. The molecular formula is C11H21NO2. The Morgan fingerprint density at radius 2 is 2.21 bits per heavy atom. The van der Waals surface area contributed by atoms with Gasteiger partial charge in [0.15, 0.2) is 0 Å². The highest BCUT2D eigenvalue weighted by molar-refractivity contribution is 5.69. The minimum absolute atomic E-state index is 0.0296. The summed E-state index contributed by atoms with van der Waals surface area (Å²) >= 11 is 0. The van der Waals surface area contributed by atoms with Gasteiger partial charge in [-0.3, -0.25) is 4.79 Å². The minimum atomic E-state index is -0.196. The zero-order valence-corrected chi connectivity index (χ0v) is 9.16. The van der Waals surface area contributed by atoms with Gasteiger partial charge in [0.2, 0.25) is 0 Å². The predicted octanol–water partition coefficient (Wildman–Crippen LogP) is 1.70. The molecule has 1 aliphatic rings. The Morgan fingerprint density at radius 3 is 2.64 bits per heavy atom. The van der Waals surface area contributed by atoms with Gasteiger partial charge in [0.1, 0.15) is 0 Å². The number of nitrogens with two attached hydrogens (primary N) is 1. The maximum absolute atomic E-state index is 11.0. The standard InChI is InChI=1S/C11H21NO2/c1-8(9-4-3-5-9)6-10(12)7-11(13)14-2/h8-10H,3-7,12H2,1-2H3. The van der Waals surface area contributed by atoms with Gasteiger partial charge in [-0.2, -0.15) is 0 Å². The third-order valence-corrected chi connectivity index (χ3v) is 3.29. The molecule has 2 unspecified atom stereocenters. The molecule has 82 valence electrons. The number of esters is 1. The summed E-state index contributed by atoms with van der Waals surface area (Å²) in [6.07, 6.45) is 5.34. The summed E-state index contributed by atoms with van der Waals surface area (Å²) < 4.78 is 4.58. The minimum Gasteiger partial charge on any atom is -0.469 e. The number of hydrogen-bond acceptors (Lipinski definition) is 3. The fourth-order valence-corrected chi connectivity index (χ4v) is 2.06. The SMILES string of the molecule is COC(=O)CC(N)CC(C)C1CCC1. The van der Waals surface area contributed by atoms with Crippen molar-refractivity contribution in [3.63, 3.8) is 0 Å². The Hall–Kier alpha value is -0.570. The highest BCUT2D eigenvalue weighted by atomic mass is 16.5. The van der Waals surface area contributed by atoms with Gasteiger partial charge in [-0.05, 0) is 18.3 Å². The highest BCUT2D eigenvalue weighted by Crippen LogP contribution is 2.35. The summed E-state index contributed by atoms with van der Waals surface area (Å²) in [5, 5.41) is 0.